The Morgan fingerprint density at radius 1 is 1.10 bits per heavy atom. The summed E-state index contributed by atoms with van der Waals surface area (Å²) in [6, 6.07) is 14.7. The van der Waals surface area contributed by atoms with Crippen LogP contribution in [-0.4, -0.2) is 9.55 Å². The molecule has 0 spiro atoms. The molecule has 0 N–H and O–H groups in total. The van der Waals surface area contributed by atoms with E-state index in [0.29, 0.717) is 11.8 Å². The van der Waals surface area contributed by atoms with E-state index in [-0.39, 0.29) is 0 Å². The monoisotopic (exact) mass is 298 g/mol. The number of rotatable bonds is 3. The normalized spacial score (nSPS) is 11.5. The van der Waals surface area contributed by atoms with Crippen molar-refractivity contribution in [3.8, 4) is 5.69 Å². The Bertz CT molecular complexity index is 787. The van der Waals surface area contributed by atoms with Gasteiger partial charge in [-0.2, -0.15) is 0 Å². The predicted molar refractivity (Wildman–Crippen MR) is 89.5 cm³/mol. The highest BCUT2D eigenvalue weighted by Gasteiger charge is 2.16. The lowest BCUT2D eigenvalue weighted by atomic mass is 10.0. The maximum absolute atomic E-state index is 6.15. The van der Waals surface area contributed by atoms with Gasteiger partial charge < -0.3 is 0 Å². The number of halogens is 1. The molecule has 0 unspecified atom stereocenters. The average Bonchev–Trinajstić information content (AvgIpc) is 2.87. The zero-order valence-electron chi connectivity index (χ0n) is 12.6. The van der Waals surface area contributed by atoms with E-state index >= 15 is 0 Å². The summed E-state index contributed by atoms with van der Waals surface area (Å²) in [6.07, 6.45) is 0. The minimum absolute atomic E-state index is 0.403. The van der Waals surface area contributed by atoms with E-state index in [1.165, 1.54) is 16.8 Å². The first kappa shape index (κ1) is 14.2. The molecular weight excluding hydrogens is 280 g/mol. The fourth-order valence-corrected chi connectivity index (χ4v) is 3.05. The first-order valence-electron chi connectivity index (χ1n) is 7.25. The minimum atomic E-state index is 0.403. The van der Waals surface area contributed by atoms with Crippen molar-refractivity contribution in [3.05, 3.63) is 59.4 Å². The van der Waals surface area contributed by atoms with Gasteiger partial charge in [-0.25, -0.2) is 4.98 Å². The molecule has 21 heavy (non-hydrogen) atoms. The van der Waals surface area contributed by atoms with Gasteiger partial charge in [-0.15, -0.1) is 11.6 Å². The van der Waals surface area contributed by atoms with Gasteiger partial charge in [0.1, 0.15) is 5.82 Å². The van der Waals surface area contributed by atoms with Crippen LogP contribution in [0.4, 0.5) is 0 Å². The van der Waals surface area contributed by atoms with Crippen LogP contribution in [0.15, 0.2) is 42.5 Å². The number of hydrogen-bond donors (Lipinski definition) is 0. The van der Waals surface area contributed by atoms with E-state index in [9.17, 15) is 0 Å². The van der Waals surface area contributed by atoms with Gasteiger partial charge in [-0.1, -0.05) is 44.2 Å². The number of aromatic nitrogens is 2. The van der Waals surface area contributed by atoms with E-state index in [1.54, 1.807) is 0 Å². The minimum Gasteiger partial charge on any atom is -0.295 e. The topological polar surface area (TPSA) is 17.8 Å². The van der Waals surface area contributed by atoms with Crippen LogP contribution in [0.5, 0.6) is 0 Å². The molecule has 3 rings (SSSR count). The first-order valence-corrected chi connectivity index (χ1v) is 7.79. The van der Waals surface area contributed by atoms with Crippen LogP contribution in [0, 0.1) is 6.92 Å². The lowest BCUT2D eigenvalue weighted by Gasteiger charge is -2.16. The predicted octanol–water partition coefficient (Wildman–Crippen LogP) is 5.20. The standard InChI is InChI=1S/C18H19ClN2/c1-12(2)14-8-4-5-10-16(14)21-17(11-19)20-15-9-6-7-13(3)18(15)21/h4-10,12H,11H2,1-3H3. The molecule has 3 aromatic rings. The van der Waals surface area contributed by atoms with Crippen molar-refractivity contribution < 1.29 is 0 Å². The van der Waals surface area contributed by atoms with Crippen molar-refractivity contribution >= 4 is 22.6 Å². The Morgan fingerprint density at radius 3 is 2.57 bits per heavy atom. The second-order valence-corrected chi connectivity index (χ2v) is 5.92. The highest BCUT2D eigenvalue weighted by Crippen LogP contribution is 2.30. The summed E-state index contributed by atoms with van der Waals surface area (Å²) in [4.78, 5) is 4.70. The van der Waals surface area contributed by atoms with Crippen LogP contribution in [0.2, 0.25) is 0 Å². The van der Waals surface area contributed by atoms with Gasteiger partial charge >= 0.3 is 0 Å². The first-order chi connectivity index (χ1) is 10.1. The molecule has 0 atom stereocenters. The Kier molecular flexibility index (Phi) is 3.73. The lowest BCUT2D eigenvalue weighted by molar-refractivity contribution is 0.841. The highest BCUT2D eigenvalue weighted by atomic mass is 35.5. The van der Waals surface area contributed by atoms with Crippen molar-refractivity contribution in [2.24, 2.45) is 0 Å². The zero-order valence-corrected chi connectivity index (χ0v) is 13.4. The average molecular weight is 299 g/mol. The number of nitrogens with zero attached hydrogens (tertiary/aromatic N) is 2. The van der Waals surface area contributed by atoms with E-state index in [0.717, 1.165) is 16.9 Å². The van der Waals surface area contributed by atoms with Crippen LogP contribution >= 0.6 is 11.6 Å². The van der Waals surface area contributed by atoms with Crippen molar-refractivity contribution in [1.29, 1.82) is 0 Å². The number of para-hydroxylation sites is 2. The number of aryl methyl sites for hydroxylation is 1. The molecule has 108 valence electrons. The second kappa shape index (κ2) is 5.53. The molecule has 2 aromatic carbocycles. The third kappa shape index (κ3) is 2.34. The molecule has 0 radical (unpaired) electrons. The molecule has 0 aliphatic heterocycles. The largest absolute Gasteiger partial charge is 0.295 e. The van der Waals surface area contributed by atoms with Crippen molar-refractivity contribution in [2.75, 3.05) is 0 Å². The number of alkyl halides is 1. The summed E-state index contributed by atoms with van der Waals surface area (Å²) in [7, 11) is 0. The number of benzene rings is 2. The molecule has 0 fully saturated rings. The second-order valence-electron chi connectivity index (χ2n) is 5.65. The van der Waals surface area contributed by atoms with Crippen molar-refractivity contribution in [3.63, 3.8) is 0 Å². The van der Waals surface area contributed by atoms with Crippen molar-refractivity contribution in [1.82, 2.24) is 9.55 Å². The molecule has 0 aliphatic rings. The lowest BCUT2D eigenvalue weighted by Crippen LogP contribution is -2.05. The van der Waals surface area contributed by atoms with Crippen LogP contribution in [-0.2, 0) is 5.88 Å². The molecule has 0 aliphatic carbocycles. The molecule has 1 aromatic heterocycles. The smallest absolute Gasteiger partial charge is 0.129 e. The summed E-state index contributed by atoms with van der Waals surface area (Å²) in [5, 5.41) is 0. The SMILES string of the molecule is Cc1cccc2nc(CCl)n(-c3ccccc3C(C)C)c12. The number of fused-ring (bicyclic) bond motifs is 1. The summed E-state index contributed by atoms with van der Waals surface area (Å²) >= 11 is 6.15. The molecule has 0 bridgehead atoms. The summed E-state index contributed by atoms with van der Waals surface area (Å²) in [6.45, 7) is 6.55. The molecule has 0 amide bonds. The number of imidazole rings is 1. The fraction of sp³-hybridized carbons (Fsp3) is 0.278. The summed E-state index contributed by atoms with van der Waals surface area (Å²) < 4.78 is 2.22. The van der Waals surface area contributed by atoms with Crippen LogP contribution in [0.25, 0.3) is 16.7 Å². The maximum Gasteiger partial charge on any atom is 0.129 e. The molecule has 1 heterocycles. The van der Waals surface area contributed by atoms with Gasteiger partial charge in [0.25, 0.3) is 0 Å². The van der Waals surface area contributed by atoms with Crippen LogP contribution in [0.3, 0.4) is 0 Å². The third-order valence-electron chi connectivity index (χ3n) is 3.87. The van der Waals surface area contributed by atoms with Crippen molar-refractivity contribution in [2.45, 2.75) is 32.6 Å². The maximum atomic E-state index is 6.15. The molecule has 3 heteroatoms. The third-order valence-corrected chi connectivity index (χ3v) is 4.11. The van der Waals surface area contributed by atoms with Gasteiger partial charge in [0.05, 0.1) is 22.6 Å². The van der Waals surface area contributed by atoms with Gasteiger partial charge in [0, 0.05) is 0 Å². The van der Waals surface area contributed by atoms with Crippen LogP contribution < -0.4 is 0 Å². The van der Waals surface area contributed by atoms with E-state index in [2.05, 4.69) is 55.7 Å². The number of hydrogen-bond acceptors (Lipinski definition) is 1. The van der Waals surface area contributed by atoms with E-state index in [1.807, 2.05) is 12.1 Å². The highest BCUT2D eigenvalue weighted by molar-refractivity contribution is 6.17. The van der Waals surface area contributed by atoms with Crippen LogP contribution in [0.1, 0.15) is 36.7 Å². The molecule has 0 saturated carbocycles. The molecular formula is C18H19ClN2. The zero-order chi connectivity index (χ0) is 15.0. The molecule has 2 nitrogen and oxygen atoms in total. The molecule has 0 saturated heterocycles. The van der Waals surface area contributed by atoms with Gasteiger partial charge in [-0.3, -0.25) is 4.57 Å². The van der Waals surface area contributed by atoms with Gasteiger partial charge in [-0.05, 0) is 36.1 Å². The van der Waals surface area contributed by atoms with E-state index < -0.39 is 0 Å². The summed E-state index contributed by atoms with van der Waals surface area (Å²) in [5.41, 5.74) is 5.87. The Hall–Kier alpha value is -1.80. The van der Waals surface area contributed by atoms with E-state index in [4.69, 9.17) is 16.6 Å². The van der Waals surface area contributed by atoms with Gasteiger partial charge in [0.2, 0.25) is 0 Å². The summed E-state index contributed by atoms with van der Waals surface area (Å²) in [5.74, 6) is 1.75. The Labute approximate surface area is 130 Å². The Morgan fingerprint density at radius 2 is 1.86 bits per heavy atom. The van der Waals surface area contributed by atoms with Gasteiger partial charge in [0.15, 0.2) is 0 Å². The Balaban J connectivity index is 2.40. The quantitative estimate of drug-likeness (QED) is 0.608. The fourth-order valence-electron chi connectivity index (χ4n) is 2.87.